The van der Waals surface area contributed by atoms with Crippen molar-refractivity contribution >= 4 is 11.0 Å². The maximum atomic E-state index is 6.14. The van der Waals surface area contributed by atoms with E-state index in [1.54, 1.807) is 0 Å². The Kier molecular flexibility index (Phi) is 5.77. The van der Waals surface area contributed by atoms with Gasteiger partial charge in [0.05, 0.1) is 18.7 Å². The lowest BCUT2D eigenvalue weighted by molar-refractivity contribution is -0.0404. The van der Waals surface area contributed by atoms with Crippen molar-refractivity contribution in [2.75, 3.05) is 32.9 Å². The molecule has 0 aliphatic carbocycles. The van der Waals surface area contributed by atoms with Gasteiger partial charge in [0, 0.05) is 32.2 Å². The van der Waals surface area contributed by atoms with Gasteiger partial charge in [-0.05, 0) is 24.6 Å². The van der Waals surface area contributed by atoms with Gasteiger partial charge in [-0.3, -0.25) is 4.90 Å². The Morgan fingerprint density at radius 1 is 1.04 bits per heavy atom. The molecule has 2 heterocycles. The molecule has 3 aromatic rings. The van der Waals surface area contributed by atoms with Crippen molar-refractivity contribution < 1.29 is 9.47 Å². The molecule has 0 bridgehead atoms. The van der Waals surface area contributed by atoms with Crippen LogP contribution in [0.2, 0.25) is 0 Å². The van der Waals surface area contributed by atoms with Crippen LogP contribution in [-0.4, -0.2) is 52.8 Å². The molecule has 0 amide bonds. The third kappa shape index (κ3) is 4.03. The molecule has 0 spiro atoms. The van der Waals surface area contributed by atoms with Gasteiger partial charge in [0.25, 0.3) is 0 Å². The number of aromatic nitrogens is 3. The molecular formula is C21H26N4O2. The zero-order chi connectivity index (χ0) is 18.5. The summed E-state index contributed by atoms with van der Waals surface area (Å²) in [4.78, 5) is 2.49. The van der Waals surface area contributed by atoms with Crippen molar-refractivity contribution in [2.24, 2.45) is 0 Å². The van der Waals surface area contributed by atoms with Gasteiger partial charge >= 0.3 is 0 Å². The molecule has 0 saturated carbocycles. The van der Waals surface area contributed by atoms with E-state index < -0.39 is 0 Å². The second-order valence-electron chi connectivity index (χ2n) is 6.74. The molecule has 1 fully saturated rings. The molecule has 1 aromatic heterocycles. The van der Waals surface area contributed by atoms with Gasteiger partial charge in [0.1, 0.15) is 5.52 Å². The van der Waals surface area contributed by atoms with Gasteiger partial charge in [0.15, 0.2) is 6.23 Å². The summed E-state index contributed by atoms with van der Waals surface area (Å²) in [6, 6.07) is 18.9. The first-order valence-corrected chi connectivity index (χ1v) is 9.65. The molecule has 0 unspecified atom stereocenters. The van der Waals surface area contributed by atoms with Crippen molar-refractivity contribution in [1.29, 1.82) is 0 Å². The topological polar surface area (TPSA) is 52.4 Å². The van der Waals surface area contributed by atoms with Gasteiger partial charge in [-0.1, -0.05) is 47.7 Å². The van der Waals surface area contributed by atoms with Crippen LogP contribution >= 0.6 is 0 Å². The predicted octanol–water partition coefficient (Wildman–Crippen LogP) is 3.43. The average molecular weight is 366 g/mol. The zero-order valence-electron chi connectivity index (χ0n) is 15.7. The normalized spacial score (nSPS) is 17.8. The quantitative estimate of drug-likeness (QED) is 0.641. The molecular weight excluding hydrogens is 340 g/mol. The van der Waals surface area contributed by atoms with Crippen LogP contribution in [0.1, 0.15) is 31.2 Å². The summed E-state index contributed by atoms with van der Waals surface area (Å²) in [6.07, 6.45) is 0.640. The molecule has 1 saturated heterocycles. The van der Waals surface area contributed by atoms with E-state index in [0.717, 1.165) is 43.8 Å². The first kappa shape index (κ1) is 18.1. The fourth-order valence-electron chi connectivity index (χ4n) is 3.78. The summed E-state index contributed by atoms with van der Waals surface area (Å²) < 4.78 is 13.6. The molecule has 0 radical (unpaired) electrons. The number of hydrogen-bond donors (Lipinski definition) is 0. The number of nitrogens with zero attached hydrogens (tertiary/aromatic N) is 4. The molecule has 142 valence electrons. The number of ether oxygens (including phenoxy) is 2. The fraction of sp³-hybridized carbons (Fsp3) is 0.429. The lowest BCUT2D eigenvalue weighted by Crippen LogP contribution is -2.40. The number of morpholine rings is 1. The van der Waals surface area contributed by atoms with Crippen LogP contribution in [0.4, 0.5) is 0 Å². The van der Waals surface area contributed by atoms with Crippen LogP contribution in [-0.2, 0) is 9.47 Å². The van der Waals surface area contributed by atoms with Crippen LogP contribution in [0.25, 0.3) is 11.0 Å². The SMILES string of the molecule is CCO[C@H](C[C@H](c1ccccc1)N1CCOCC1)n1nnc2ccccc21. The maximum Gasteiger partial charge on any atom is 0.154 e. The van der Waals surface area contributed by atoms with E-state index in [4.69, 9.17) is 9.47 Å². The zero-order valence-corrected chi connectivity index (χ0v) is 15.7. The first-order chi connectivity index (χ1) is 13.4. The number of fused-ring (bicyclic) bond motifs is 1. The van der Waals surface area contributed by atoms with Gasteiger partial charge in [0.2, 0.25) is 0 Å². The minimum Gasteiger partial charge on any atom is -0.379 e. The first-order valence-electron chi connectivity index (χ1n) is 9.65. The monoisotopic (exact) mass is 366 g/mol. The third-order valence-corrected chi connectivity index (χ3v) is 5.10. The summed E-state index contributed by atoms with van der Waals surface area (Å²) in [6.45, 7) is 6.05. The van der Waals surface area contributed by atoms with E-state index in [1.807, 2.05) is 35.9 Å². The van der Waals surface area contributed by atoms with E-state index in [2.05, 4.69) is 45.5 Å². The molecule has 2 atom stereocenters. The van der Waals surface area contributed by atoms with E-state index >= 15 is 0 Å². The van der Waals surface area contributed by atoms with Gasteiger partial charge in [-0.15, -0.1) is 5.10 Å². The van der Waals surface area contributed by atoms with Crippen molar-refractivity contribution in [3.8, 4) is 0 Å². The van der Waals surface area contributed by atoms with Gasteiger partial charge in [-0.25, -0.2) is 4.68 Å². The van der Waals surface area contributed by atoms with Crippen molar-refractivity contribution in [3.05, 3.63) is 60.2 Å². The van der Waals surface area contributed by atoms with Crippen molar-refractivity contribution in [3.63, 3.8) is 0 Å². The average Bonchev–Trinajstić information content (AvgIpc) is 3.16. The third-order valence-electron chi connectivity index (χ3n) is 5.10. The lowest BCUT2D eigenvalue weighted by Gasteiger charge is -2.36. The Morgan fingerprint density at radius 3 is 2.56 bits per heavy atom. The summed E-state index contributed by atoms with van der Waals surface area (Å²) in [5.41, 5.74) is 3.20. The highest BCUT2D eigenvalue weighted by atomic mass is 16.5. The Hall–Kier alpha value is -2.28. The van der Waals surface area contributed by atoms with Gasteiger partial charge in [-0.2, -0.15) is 0 Å². The summed E-state index contributed by atoms with van der Waals surface area (Å²) in [5.74, 6) is 0. The van der Waals surface area contributed by atoms with Crippen LogP contribution in [0.3, 0.4) is 0 Å². The van der Waals surface area contributed by atoms with Crippen molar-refractivity contribution in [2.45, 2.75) is 25.6 Å². The number of benzene rings is 2. The Bertz CT molecular complexity index is 846. The smallest absolute Gasteiger partial charge is 0.154 e. The van der Waals surface area contributed by atoms with Crippen LogP contribution in [0, 0.1) is 0 Å². The van der Waals surface area contributed by atoms with E-state index in [9.17, 15) is 0 Å². The molecule has 4 rings (SSSR count). The molecule has 6 nitrogen and oxygen atoms in total. The summed E-state index contributed by atoms with van der Waals surface area (Å²) >= 11 is 0. The summed E-state index contributed by atoms with van der Waals surface area (Å²) in [7, 11) is 0. The number of hydrogen-bond acceptors (Lipinski definition) is 5. The Balaban J connectivity index is 1.66. The van der Waals surface area contributed by atoms with Crippen LogP contribution in [0.15, 0.2) is 54.6 Å². The Morgan fingerprint density at radius 2 is 1.78 bits per heavy atom. The molecule has 27 heavy (non-hydrogen) atoms. The number of para-hydroxylation sites is 1. The fourth-order valence-corrected chi connectivity index (χ4v) is 3.78. The van der Waals surface area contributed by atoms with Crippen molar-refractivity contribution in [1.82, 2.24) is 19.9 Å². The highest BCUT2D eigenvalue weighted by molar-refractivity contribution is 5.73. The van der Waals surface area contributed by atoms with Crippen LogP contribution < -0.4 is 0 Å². The van der Waals surface area contributed by atoms with Crippen LogP contribution in [0.5, 0.6) is 0 Å². The molecule has 1 aliphatic rings. The highest BCUT2D eigenvalue weighted by Gasteiger charge is 2.28. The van der Waals surface area contributed by atoms with Gasteiger partial charge < -0.3 is 9.47 Å². The second-order valence-corrected chi connectivity index (χ2v) is 6.74. The Labute approximate surface area is 159 Å². The maximum absolute atomic E-state index is 6.14. The predicted molar refractivity (Wildman–Crippen MR) is 104 cm³/mol. The largest absolute Gasteiger partial charge is 0.379 e. The van der Waals surface area contributed by atoms with E-state index in [0.29, 0.717) is 6.61 Å². The van der Waals surface area contributed by atoms with E-state index in [-0.39, 0.29) is 12.3 Å². The molecule has 0 N–H and O–H groups in total. The molecule has 6 heteroatoms. The summed E-state index contributed by atoms with van der Waals surface area (Å²) in [5, 5.41) is 8.72. The second kappa shape index (κ2) is 8.61. The molecule has 1 aliphatic heterocycles. The standard InChI is InChI=1S/C21H26N4O2/c1-2-27-21(25-19-11-7-6-10-18(19)22-23-25)16-20(17-8-4-3-5-9-17)24-12-14-26-15-13-24/h3-11,20-21H,2,12-16H2,1H3/t20-,21-/m1/s1. The minimum atomic E-state index is -0.171. The lowest BCUT2D eigenvalue weighted by atomic mass is 10.0. The number of rotatable bonds is 7. The van der Waals surface area contributed by atoms with E-state index in [1.165, 1.54) is 5.56 Å². The highest BCUT2D eigenvalue weighted by Crippen LogP contribution is 2.32. The minimum absolute atomic E-state index is 0.171. The molecule has 2 aromatic carbocycles.